The van der Waals surface area contributed by atoms with Gasteiger partial charge in [-0.05, 0) is 12.8 Å². The molecule has 1 amide bonds. The number of rotatable bonds is 6. The zero-order chi connectivity index (χ0) is 12.7. The van der Waals surface area contributed by atoms with E-state index in [1.807, 2.05) is 18.9 Å². The number of ether oxygens (including phenoxy) is 1. The van der Waals surface area contributed by atoms with Crippen LogP contribution in [0.15, 0.2) is 0 Å². The molecule has 0 radical (unpaired) electrons. The summed E-state index contributed by atoms with van der Waals surface area (Å²) in [5, 5.41) is 0. The molecule has 4 heteroatoms. The van der Waals surface area contributed by atoms with Gasteiger partial charge in [-0.3, -0.25) is 9.69 Å². The summed E-state index contributed by atoms with van der Waals surface area (Å²) >= 11 is 0. The second-order valence-corrected chi connectivity index (χ2v) is 4.88. The molecule has 0 spiro atoms. The van der Waals surface area contributed by atoms with Crippen molar-refractivity contribution in [2.75, 3.05) is 46.4 Å². The Morgan fingerprint density at radius 1 is 1.41 bits per heavy atom. The monoisotopic (exact) mass is 242 g/mol. The molecule has 1 fully saturated rings. The van der Waals surface area contributed by atoms with Crippen LogP contribution in [0.4, 0.5) is 0 Å². The normalized spacial score (nSPS) is 19.0. The third-order valence-corrected chi connectivity index (χ3v) is 3.48. The molecular weight excluding hydrogens is 216 g/mol. The second-order valence-electron chi connectivity index (χ2n) is 4.88. The van der Waals surface area contributed by atoms with Gasteiger partial charge in [0.05, 0.1) is 13.2 Å². The SMILES string of the molecule is CCC(C)C(=O)N(C)CCCN1CCOCC1. The molecule has 1 heterocycles. The Kier molecular flexibility index (Phi) is 6.52. The minimum Gasteiger partial charge on any atom is -0.379 e. The molecule has 0 aliphatic carbocycles. The summed E-state index contributed by atoms with van der Waals surface area (Å²) < 4.78 is 5.31. The lowest BCUT2D eigenvalue weighted by Crippen LogP contribution is -2.39. The maximum absolute atomic E-state index is 11.8. The maximum atomic E-state index is 11.8. The van der Waals surface area contributed by atoms with Crippen LogP contribution in [0.5, 0.6) is 0 Å². The molecule has 1 rings (SSSR count). The minimum atomic E-state index is 0.156. The van der Waals surface area contributed by atoms with Crippen molar-refractivity contribution in [1.82, 2.24) is 9.80 Å². The molecule has 0 N–H and O–H groups in total. The van der Waals surface area contributed by atoms with Crippen LogP contribution >= 0.6 is 0 Å². The lowest BCUT2D eigenvalue weighted by Gasteiger charge is -2.27. The van der Waals surface area contributed by atoms with E-state index in [1.165, 1.54) is 0 Å². The highest BCUT2D eigenvalue weighted by Crippen LogP contribution is 2.06. The first-order valence-electron chi connectivity index (χ1n) is 6.70. The van der Waals surface area contributed by atoms with Crippen molar-refractivity contribution in [3.8, 4) is 0 Å². The molecule has 0 saturated carbocycles. The fourth-order valence-corrected chi connectivity index (χ4v) is 2.02. The molecule has 1 aliphatic heterocycles. The van der Waals surface area contributed by atoms with Crippen LogP contribution < -0.4 is 0 Å². The van der Waals surface area contributed by atoms with Gasteiger partial charge in [-0.25, -0.2) is 0 Å². The van der Waals surface area contributed by atoms with Crippen LogP contribution in [0.25, 0.3) is 0 Å². The topological polar surface area (TPSA) is 32.8 Å². The smallest absolute Gasteiger partial charge is 0.225 e. The number of hydrogen-bond acceptors (Lipinski definition) is 3. The van der Waals surface area contributed by atoms with E-state index >= 15 is 0 Å². The fourth-order valence-electron chi connectivity index (χ4n) is 2.02. The summed E-state index contributed by atoms with van der Waals surface area (Å²) in [7, 11) is 1.91. The van der Waals surface area contributed by atoms with E-state index in [0.29, 0.717) is 0 Å². The molecule has 0 aromatic heterocycles. The number of hydrogen-bond donors (Lipinski definition) is 0. The zero-order valence-corrected chi connectivity index (χ0v) is 11.4. The molecule has 1 atom stereocenters. The summed E-state index contributed by atoms with van der Waals surface area (Å²) in [4.78, 5) is 16.1. The second kappa shape index (κ2) is 7.67. The van der Waals surface area contributed by atoms with Gasteiger partial charge in [-0.15, -0.1) is 0 Å². The first-order valence-corrected chi connectivity index (χ1v) is 6.70. The summed E-state index contributed by atoms with van der Waals surface area (Å²) in [6, 6.07) is 0. The average Bonchev–Trinajstić information content (AvgIpc) is 2.38. The van der Waals surface area contributed by atoms with E-state index in [2.05, 4.69) is 11.8 Å². The summed E-state index contributed by atoms with van der Waals surface area (Å²) in [6.45, 7) is 9.75. The van der Waals surface area contributed by atoms with Gasteiger partial charge in [0.2, 0.25) is 5.91 Å². The average molecular weight is 242 g/mol. The highest BCUT2D eigenvalue weighted by molar-refractivity contribution is 5.78. The summed E-state index contributed by atoms with van der Waals surface area (Å²) in [6.07, 6.45) is 1.98. The molecule has 1 saturated heterocycles. The standard InChI is InChI=1S/C13H26N2O2/c1-4-12(2)13(16)14(3)6-5-7-15-8-10-17-11-9-15/h12H,4-11H2,1-3H3. The number of carbonyl (C=O) groups excluding carboxylic acids is 1. The van der Waals surface area contributed by atoms with Crippen LogP contribution in [-0.4, -0.2) is 62.1 Å². The third kappa shape index (κ3) is 5.04. The van der Waals surface area contributed by atoms with Gasteiger partial charge in [0, 0.05) is 39.1 Å². The van der Waals surface area contributed by atoms with Crippen molar-refractivity contribution in [2.24, 2.45) is 5.92 Å². The maximum Gasteiger partial charge on any atom is 0.225 e. The van der Waals surface area contributed by atoms with Crippen molar-refractivity contribution in [2.45, 2.75) is 26.7 Å². The number of amides is 1. The molecule has 0 bridgehead atoms. The Labute approximate surface area is 105 Å². The van der Waals surface area contributed by atoms with Gasteiger partial charge in [0.25, 0.3) is 0 Å². The molecule has 1 unspecified atom stereocenters. The van der Waals surface area contributed by atoms with E-state index in [1.54, 1.807) is 0 Å². The number of carbonyl (C=O) groups is 1. The van der Waals surface area contributed by atoms with Gasteiger partial charge in [0.15, 0.2) is 0 Å². The van der Waals surface area contributed by atoms with E-state index in [4.69, 9.17) is 4.74 Å². The first-order chi connectivity index (χ1) is 8.15. The van der Waals surface area contributed by atoms with Crippen LogP contribution in [-0.2, 0) is 9.53 Å². The van der Waals surface area contributed by atoms with E-state index in [9.17, 15) is 4.79 Å². The predicted molar refractivity (Wildman–Crippen MR) is 69.0 cm³/mol. The van der Waals surface area contributed by atoms with Crippen molar-refractivity contribution in [3.05, 3.63) is 0 Å². The number of nitrogens with zero attached hydrogens (tertiary/aromatic N) is 2. The highest BCUT2D eigenvalue weighted by Gasteiger charge is 2.16. The minimum absolute atomic E-state index is 0.156. The van der Waals surface area contributed by atoms with Crippen LogP contribution in [0.3, 0.4) is 0 Å². The van der Waals surface area contributed by atoms with Gasteiger partial charge < -0.3 is 9.64 Å². The van der Waals surface area contributed by atoms with Gasteiger partial charge in [0.1, 0.15) is 0 Å². The fraction of sp³-hybridized carbons (Fsp3) is 0.923. The largest absolute Gasteiger partial charge is 0.379 e. The molecule has 17 heavy (non-hydrogen) atoms. The van der Waals surface area contributed by atoms with E-state index in [0.717, 1.165) is 52.2 Å². The van der Waals surface area contributed by atoms with Crippen molar-refractivity contribution < 1.29 is 9.53 Å². The predicted octanol–water partition coefficient (Wildman–Crippen LogP) is 1.21. The Bertz CT molecular complexity index is 227. The van der Waals surface area contributed by atoms with Crippen molar-refractivity contribution in [3.63, 3.8) is 0 Å². The molecule has 0 aromatic rings. The Morgan fingerprint density at radius 3 is 2.65 bits per heavy atom. The molecule has 100 valence electrons. The van der Waals surface area contributed by atoms with Crippen LogP contribution in [0, 0.1) is 5.92 Å². The van der Waals surface area contributed by atoms with Crippen molar-refractivity contribution in [1.29, 1.82) is 0 Å². The lowest BCUT2D eigenvalue weighted by molar-refractivity contribution is -0.133. The van der Waals surface area contributed by atoms with E-state index in [-0.39, 0.29) is 11.8 Å². The van der Waals surface area contributed by atoms with E-state index < -0.39 is 0 Å². The van der Waals surface area contributed by atoms with Crippen molar-refractivity contribution >= 4 is 5.91 Å². The quantitative estimate of drug-likeness (QED) is 0.702. The zero-order valence-electron chi connectivity index (χ0n) is 11.4. The third-order valence-electron chi connectivity index (χ3n) is 3.48. The van der Waals surface area contributed by atoms with Crippen LogP contribution in [0.1, 0.15) is 26.7 Å². The van der Waals surface area contributed by atoms with Gasteiger partial charge in [-0.2, -0.15) is 0 Å². The molecule has 4 nitrogen and oxygen atoms in total. The first kappa shape index (κ1) is 14.5. The Balaban J connectivity index is 2.14. The molecule has 0 aromatic carbocycles. The Morgan fingerprint density at radius 2 is 2.06 bits per heavy atom. The lowest BCUT2D eigenvalue weighted by atomic mass is 10.1. The molecular formula is C13H26N2O2. The highest BCUT2D eigenvalue weighted by atomic mass is 16.5. The number of morpholine rings is 1. The van der Waals surface area contributed by atoms with Gasteiger partial charge in [-0.1, -0.05) is 13.8 Å². The van der Waals surface area contributed by atoms with Gasteiger partial charge >= 0.3 is 0 Å². The summed E-state index contributed by atoms with van der Waals surface area (Å²) in [5.74, 6) is 0.429. The molecule has 1 aliphatic rings. The Hall–Kier alpha value is -0.610. The summed E-state index contributed by atoms with van der Waals surface area (Å²) in [5.41, 5.74) is 0. The van der Waals surface area contributed by atoms with Crippen LogP contribution in [0.2, 0.25) is 0 Å².